The lowest BCUT2D eigenvalue weighted by molar-refractivity contribution is -0.130. The molecule has 2 fully saturated rings. The number of piperidine rings is 1. The Morgan fingerprint density at radius 1 is 1.37 bits per heavy atom. The van der Waals surface area contributed by atoms with E-state index in [0.717, 1.165) is 31.7 Å². The van der Waals surface area contributed by atoms with Crippen LogP contribution in [0.1, 0.15) is 18.5 Å². The van der Waals surface area contributed by atoms with E-state index in [1.54, 1.807) is 6.20 Å². The molecule has 0 saturated carbocycles. The molecule has 4 heteroatoms. The fourth-order valence-electron chi connectivity index (χ4n) is 3.18. The third-order valence-corrected chi connectivity index (χ3v) is 4.42. The minimum atomic E-state index is 0.178. The minimum Gasteiger partial charge on any atom is -0.378 e. The fraction of sp³-hybridized carbons (Fsp3) is 0.600. The summed E-state index contributed by atoms with van der Waals surface area (Å²) in [6.45, 7) is 1.53. The molecule has 2 aliphatic rings. The van der Waals surface area contributed by atoms with Crippen molar-refractivity contribution in [1.82, 2.24) is 9.88 Å². The molecule has 3 heterocycles. The highest BCUT2D eigenvalue weighted by Gasteiger charge is 2.39. The summed E-state index contributed by atoms with van der Waals surface area (Å²) in [6, 6.07) is 6.56. The molecule has 0 spiro atoms. The Morgan fingerprint density at radius 2 is 2.11 bits per heavy atom. The van der Waals surface area contributed by atoms with Crippen LogP contribution in [0.3, 0.4) is 0 Å². The summed E-state index contributed by atoms with van der Waals surface area (Å²) < 4.78 is 5.59. The molecule has 3 rings (SSSR count). The van der Waals surface area contributed by atoms with E-state index >= 15 is 0 Å². The monoisotopic (exact) mass is 260 g/mol. The van der Waals surface area contributed by atoms with Gasteiger partial charge in [0.25, 0.3) is 0 Å². The predicted octanol–water partition coefficient (Wildman–Crippen LogP) is 1.30. The maximum atomic E-state index is 12.4. The molecule has 0 N–H and O–H groups in total. The van der Waals surface area contributed by atoms with E-state index < -0.39 is 0 Å². The van der Waals surface area contributed by atoms with Crippen molar-refractivity contribution in [2.24, 2.45) is 5.92 Å². The van der Waals surface area contributed by atoms with Gasteiger partial charge in [0, 0.05) is 36.3 Å². The quantitative estimate of drug-likeness (QED) is 0.821. The van der Waals surface area contributed by atoms with Crippen molar-refractivity contribution in [3.05, 3.63) is 30.1 Å². The van der Waals surface area contributed by atoms with Crippen LogP contribution in [0.2, 0.25) is 0 Å². The number of ether oxygens (including phenoxy) is 1. The van der Waals surface area contributed by atoms with Crippen LogP contribution in [0.5, 0.6) is 0 Å². The van der Waals surface area contributed by atoms with E-state index in [1.807, 2.05) is 18.2 Å². The number of fused-ring (bicyclic) bond motifs is 2. The van der Waals surface area contributed by atoms with Gasteiger partial charge in [-0.1, -0.05) is 6.07 Å². The van der Waals surface area contributed by atoms with Gasteiger partial charge in [0.2, 0.25) is 0 Å². The summed E-state index contributed by atoms with van der Waals surface area (Å²) in [5.41, 5.74) is 0.882. The van der Waals surface area contributed by atoms with Crippen LogP contribution in [0.4, 0.5) is 0 Å². The van der Waals surface area contributed by atoms with Gasteiger partial charge in [0.05, 0.1) is 13.2 Å². The van der Waals surface area contributed by atoms with Crippen LogP contribution < -0.4 is 0 Å². The Bertz CT molecular complexity index is 435. The molecule has 2 aliphatic heterocycles. The van der Waals surface area contributed by atoms with Crippen LogP contribution in [0.15, 0.2) is 24.4 Å². The molecule has 19 heavy (non-hydrogen) atoms. The van der Waals surface area contributed by atoms with Gasteiger partial charge in [-0.25, -0.2) is 0 Å². The molecule has 0 radical (unpaired) electrons. The maximum absolute atomic E-state index is 12.4. The highest BCUT2D eigenvalue weighted by Crippen LogP contribution is 2.31. The lowest BCUT2D eigenvalue weighted by atomic mass is 9.82. The topological polar surface area (TPSA) is 42.4 Å². The molecule has 1 aromatic rings. The highest BCUT2D eigenvalue weighted by atomic mass is 16.5. The molecule has 1 aromatic heterocycles. The van der Waals surface area contributed by atoms with Crippen LogP contribution in [0, 0.1) is 5.92 Å². The van der Waals surface area contributed by atoms with Crippen LogP contribution in [0.25, 0.3) is 0 Å². The highest BCUT2D eigenvalue weighted by molar-refractivity contribution is 5.83. The van der Waals surface area contributed by atoms with Gasteiger partial charge >= 0.3 is 0 Å². The molecule has 2 atom stereocenters. The maximum Gasteiger partial charge on any atom is 0.142 e. The summed E-state index contributed by atoms with van der Waals surface area (Å²) in [5, 5.41) is 0. The summed E-state index contributed by atoms with van der Waals surface area (Å²) in [5.74, 6) is 0.515. The third-order valence-electron chi connectivity index (χ3n) is 4.42. The number of Topliss-reactive ketones (excluding diaryl/α,β-unsaturated/α-hetero) is 1. The van der Waals surface area contributed by atoms with Gasteiger partial charge in [-0.2, -0.15) is 0 Å². The second-order valence-corrected chi connectivity index (χ2v) is 5.64. The minimum absolute atomic E-state index is 0.178. The Kier molecular flexibility index (Phi) is 3.62. The molecule has 102 valence electrons. The number of carbonyl (C=O) groups excluding carboxylic acids is 1. The first-order valence-electron chi connectivity index (χ1n) is 6.96. The van der Waals surface area contributed by atoms with Crippen LogP contribution in [-0.4, -0.2) is 48.0 Å². The lowest BCUT2D eigenvalue weighted by Crippen LogP contribution is -2.56. The molecular weight excluding hydrogens is 240 g/mol. The normalized spacial score (nSPS) is 31.1. The molecule has 2 unspecified atom stereocenters. The van der Waals surface area contributed by atoms with Gasteiger partial charge in [-0.3, -0.25) is 14.7 Å². The number of ketones is 1. The molecule has 2 bridgehead atoms. The number of nitrogens with zero attached hydrogens (tertiary/aromatic N) is 2. The summed E-state index contributed by atoms with van der Waals surface area (Å²) in [4.78, 5) is 19.0. The zero-order valence-electron chi connectivity index (χ0n) is 11.3. The zero-order chi connectivity index (χ0) is 13.2. The third kappa shape index (κ3) is 2.69. The molecule has 0 amide bonds. The number of pyridine rings is 1. The molecule has 4 nitrogen and oxygen atoms in total. The number of likely N-dealkylation sites (N-methyl/N-ethyl adjacent to an activating group) is 1. The van der Waals surface area contributed by atoms with E-state index in [9.17, 15) is 4.79 Å². The standard InChI is InChI=1S/C15H20N2O2/c1-17-13-6-11(7-14(17)10-19-9-13)15(18)8-12-4-2-3-5-16-12/h2-5,11,13-14H,6-10H2,1H3. The van der Waals surface area contributed by atoms with Crippen molar-refractivity contribution in [1.29, 1.82) is 0 Å². The van der Waals surface area contributed by atoms with Gasteiger partial charge in [-0.15, -0.1) is 0 Å². The van der Waals surface area contributed by atoms with Crippen molar-refractivity contribution in [2.45, 2.75) is 31.3 Å². The Labute approximate surface area is 113 Å². The van der Waals surface area contributed by atoms with Gasteiger partial charge in [0.1, 0.15) is 5.78 Å². The second-order valence-electron chi connectivity index (χ2n) is 5.64. The van der Waals surface area contributed by atoms with E-state index in [-0.39, 0.29) is 5.92 Å². The lowest BCUT2D eigenvalue weighted by Gasteiger charge is -2.46. The summed E-state index contributed by atoms with van der Waals surface area (Å²) >= 11 is 0. The van der Waals surface area contributed by atoms with Crippen molar-refractivity contribution in [3.63, 3.8) is 0 Å². The Hall–Kier alpha value is -1.26. The van der Waals surface area contributed by atoms with E-state index in [2.05, 4.69) is 16.9 Å². The van der Waals surface area contributed by atoms with E-state index in [1.165, 1.54) is 0 Å². The SMILES string of the molecule is CN1C2COCC1CC(C(=O)Cc1ccccn1)C2. The number of carbonyl (C=O) groups is 1. The molecular formula is C15H20N2O2. The molecule has 2 saturated heterocycles. The Morgan fingerprint density at radius 3 is 2.74 bits per heavy atom. The first kappa shape index (κ1) is 12.8. The van der Waals surface area contributed by atoms with E-state index in [0.29, 0.717) is 24.3 Å². The predicted molar refractivity (Wildman–Crippen MR) is 71.8 cm³/mol. The number of hydrogen-bond acceptors (Lipinski definition) is 4. The largest absolute Gasteiger partial charge is 0.378 e. The second kappa shape index (κ2) is 5.39. The van der Waals surface area contributed by atoms with Gasteiger partial charge in [-0.05, 0) is 32.0 Å². The Balaban J connectivity index is 1.65. The van der Waals surface area contributed by atoms with Gasteiger partial charge in [0.15, 0.2) is 0 Å². The van der Waals surface area contributed by atoms with E-state index in [4.69, 9.17) is 4.74 Å². The van der Waals surface area contributed by atoms with Gasteiger partial charge < -0.3 is 4.74 Å². The number of hydrogen-bond donors (Lipinski definition) is 0. The van der Waals surface area contributed by atoms with Crippen molar-refractivity contribution in [3.8, 4) is 0 Å². The number of morpholine rings is 1. The van der Waals surface area contributed by atoms with Crippen LogP contribution >= 0.6 is 0 Å². The average molecular weight is 260 g/mol. The summed E-state index contributed by atoms with van der Waals surface area (Å²) in [6.07, 6.45) is 4.08. The molecule has 0 aliphatic carbocycles. The molecule has 0 aromatic carbocycles. The van der Waals surface area contributed by atoms with Crippen molar-refractivity contribution < 1.29 is 9.53 Å². The first-order chi connectivity index (χ1) is 9.24. The first-order valence-corrected chi connectivity index (χ1v) is 6.96. The van der Waals surface area contributed by atoms with Crippen molar-refractivity contribution in [2.75, 3.05) is 20.3 Å². The van der Waals surface area contributed by atoms with Crippen LogP contribution in [-0.2, 0) is 16.0 Å². The fourth-order valence-corrected chi connectivity index (χ4v) is 3.18. The zero-order valence-corrected chi connectivity index (χ0v) is 11.3. The summed E-state index contributed by atoms with van der Waals surface area (Å²) in [7, 11) is 2.15. The number of rotatable bonds is 3. The average Bonchev–Trinajstić information content (AvgIpc) is 2.39. The van der Waals surface area contributed by atoms with Crippen molar-refractivity contribution >= 4 is 5.78 Å². The smallest absolute Gasteiger partial charge is 0.142 e. The number of aromatic nitrogens is 1.